The number of benzene rings is 1. The van der Waals surface area contributed by atoms with E-state index in [4.69, 9.17) is 9.72 Å². The number of ether oxygens (including phenoxy) is 1. The minimum absolute atomic E-state index is 0.0811. The highest BCUT2D eigenvalue weighted by molar-refractivity contribution is 5.75. The van der Waals surface area contributed by atoms with E-state index in [1.165, 1.54) is 17.7 Å². The molecule has 0 amide bonds. The zero-order chi connectivity index (χ0) is 24.1. The molecule has 0 aliphatic carbocycles. The first kappa shape index (κ1) is 24.5. The Labute approximate surface area is 197 Å². The van der Waals surface area contributed by atoms with Crippen molar-refractivity contribution in [1.82, 2.24) is 9.88 Å². The molecule has 0 spiro atoms. The minimum atomic E-state index is -4.45. The molecule has 4 rings (SSSR count). The number of aliphatic carboxylic acids is 1. The van der Waals surface area contributed by atoms with Crippen molar-refractivity contribution in [2.75, 3.05) is 31.6 Å². The molecule has 34 heavy (non-hydrogen) atoms. The monoisotopic (exact) mass is 477 g/mol. The average Bonchev–Trinajstić information content (AvgIpc) is 3.26. The highest BCUT2D eigenvalue weighted by Crippen LogP contribution is 2.32. The van der Waals surface area contributed by atoms with Crippen LogP contribution < -0.4 is 5.32 Å². The van der Waals surface area contributed by atoms with Crippen molar-refractivity contribution in [1.29, 1.82) is 0 Å². The number of pyridine rings is 1. The van der Waals surface area contributed by atoms with Crippen LogP contribution in [-0.2, 0) is 28.5 Å². The van der Waals surface area contributed by atoms with Crippen LogP contribution in [0.15, 0.2) is 36.4 Å². The molecular formula is C25H30F3N3O3. The van der Waals surface area contributed by atoms with Crippen molar-refractivity contribution in [2.24, 2.45) is 0 Å². The number of aryl methyl sites for hydroxylation is 2. The topological polar surface area (TPSA) is 74.7 Å². The Morgan fingerprint density at radius 2 is 2.00 bits per heavy atom. The Morgan fingerprint density at radius 1 is 1.21 bits per heavy atom. The van der Waals surface area contributed by atoms with Crippen molar-refractivity contribution >= 4 is 11.8 Å². The number of hydrogen-bond donors (Lipinski definition) is 2. The number of nitrogens with zero attached hydrogens (tertiary/aromatic N) is 2. The van der Waals surface area contributed by atoms with Gasteiger partial charge in [0.05, 0.1) is 11.7 Å². The maximum atomic E-state index is 12.8. The van der Waals surface area contributed by atoms with Crippen LogP contribution >= 0.6 is 0 Å². The normalized spacial score (nSPS) is 19.4. The fourth-order valence-corrected chi connectivity index (χ4v) is 4.65. The summed E-state index contributed by atoms with van der Waals surface area (Å²) < 4.78 is 44.4. The van der Waals surface area contributed by atoms with Gasteiger partial charge in [0.2, 0.25) is 0 Å². The molecule has 0 radical (unpaired) electrons. The predicted molar refractivity (Wildman–Crippen MR) is 122 cm³/mol. The van der Waals surface area contributed by atoms with Gasteiger partial charge in [0.1, 0.15) is 11.9 Å². The molecule has 1 aromatic heterocycles. The molecule has 3 heterocycles. The summed E-state index contributed by atoms with van der Waals surface area (Å²) in [4.78, 5) is 18.4. The van der Waals surface area contributed by atoms with Crippen LogP contribution in [0.2, 0.25) is 0 Å². The maximum absolute atomic E-state index is 12.8. The molecule has 2 aromatic rings. The van der Waals surface area contributed by atoms with Crippen LogP contribution in [0.1, 0.15) is 54.1 Å². The van der Waals surface area contributed by atoms with Gasteiger partial charge in [-0.2, -0.15) is 13.2 Å². The molecule has 2 unspecified atom stereocenters. The molecule has 9 heteroatoms. The van der Waals surface area contributed by atoms with Crippen LogP contribution in [0, 0.1) is 0 Å². The Hall–Kier alpha value is -2.65. The zero-order valence-electron chi connectivity index (χ0n) is 19.0. The Kier molecular flexibility index (Phi) is 7.73. The van der Waals surface area contributed by atoms with E-state index in [2.05, 4.69) is 17.4 Å². The van der Waals surface area contributed by atoms with Gasteiger partial charge < -0.3 is 15.2 Å². The first-order chi connectivity index (χ1) is 16.3. The van der Waals surface area contributed by atoms with E-state index in [0.717, 1.165) is 62.3 Å². The number of alkyl halides is 3. The third-order valence-electron chi connectivity index (χ3n) is 6.46. The number of carboxylic acids is 1. The van der Waals surface area contributed by atoms with Gasteiger partial charge in [0, 0.05) is 31.9 Å². The summed E-state index contributed by atoms with van der Waals surface area (Å²) in [6.45, 7) is 2.52. The largest absolute Gasteiger partial charge is 0.480 e. The Balaban J connectivity index is 1.22. The maximum Gasteiger partial charge on any atom is 0.416 e. The first-order valence-corrected chi connectivity index (χ1v) is 11.8. The summed E-state index contributed by atoms with van der Waals surface area (Å²) in [5.74, 6) is -0.0699. The van der Waals surface area contributed by atoms with Gasteiger partial charge in [0.15, 0.2) is 0 Å². The van der Waals surface area contributed by atoms with Gasteiger partial charge >= 0.3 is 12.1 Å². The number of rotatable bonds is 9. The van der Waals surface area contributed by atoms with Crippen LogP contribution in [0.4, 0.5) is 19.0 Å². The minimum Gasteiger partial charge on any atom is -0.480 e. The Bertz CT molecular complexity index is 982. The molecular weight excluding hydrogens is 447 g/mol. The van der Waals surface area contributed by atoms with Gasteiger partial charge in [-0.15, -0.1) is 0 Å². The fraction of sp³-hybridized carbons (Fsp3) is 0.520. The van der Waals surface area contributed by atoms with Crippen LogP contribution in [0.25, 0.3) is 0 Å². The van der Waals surface area contributed by atoms with E-state index in [9.17, 15) is 23.1 Å². The van der Waals surface area contributed by atoms with Gasteiger partial charge in [-0.1, -0.05) is 18.2 Å². The van der Waals surface area contributed by atoms with E-state index < -0.39 is 23.8 Å². The molecule has 2 aliphatic heterocycles. The summed E-state index contributed by atoms with van der Waals surface area (Å²) in [7, 11) is 0. The lowest BCUT2D eigenvalue weighted by atomic mass is 10.0. The van der Waals surface area contributed by atoms with E-state index in [-0.39, 0.29) is 6.10 Å². The molecule has 2 aliphatic rings. The molecule has 6 nitrogen and oxygen atoms in total. The zero-order valence-corrected chi connectivity index (χ0v) is 19.0. The summed E-state index contributed by atoms with van der Waals surface area (Å²) in [5.41, 5.74) is 1.90. The molecule has 2 N–H and O–H groups in total. The second-order valence-electron chi connectivity index (χ2n) is 8.93. The van der Waals surface area contributed by atoms with E-state index >= 15 is 0 Å². The number of carboxylic acid groups (broad SMARTS) is 1. The number of unbranched alkanes of at least 4 members (excludes halogenated alkanes) is 1. The number of nitrogens with one attached hydrogen (secondary N) is 1. The summed E-state index contributed by atoms with van der Waals surface area (Å²) in [6.07, 6.45) is 1.09. The summed E-state index contributed by atoms with van der Waals surface area (Å²) in [6, 6.07) is 7.63. The number of carbonyl (C=O) groups is 1. The smallest absolute Gasteiger partial charge is 0.416 e. The first-order valence-electron chi connectivity index (χ1n) is 11.8. The van der Waals surface area contributed by atoms with E-state index in [1.54, 1.807) is 4.90 Å². The lowest BCUT2D eigenvalue weighted by molar-refractivity contribution is -0.143. The van der Waals surface area contributed by atoms with Crippen LogP contribution in [0.3, 0.4) is 0 Å². The molecule has 0 bridgehead atoms. The van der Waals surface area contributed by atoms with Gasteiger partial charge in [-0.05, 0) is 67.9 Å². The third-order valence-corrected chi connectivity index (χ3v) is 6.46. The lowest BCUT2D eigenvalue weighted by Crippen LogP contribution is -2.33. The highest BCUT2D eigenvalue weighted by Gasteiger charge is 2.35. The van der Waals surface area contributed by atoms with Crippen LogP contribution in [-0.4, -0.2) is 53.3 Å². The molecule has 184 valence electrons. The lowest BCUT2D eigenvalue weighted by Gasteiger charge is -2.25. The van der Waals surface area contributed by atoms with Gasteiger partial charge in [0.25, 0.3) is 0 Å². The molecule has 1 fully saturated rings. The number of hydrogen-bond acceptors (Lipinski definition) is 5. The standard InChI is InChI=1S/C25H30F3N3O3/c26-25(27,28)19-9-6-17(7-10-19)22(24(32)33)31-14-12-21(16-31)34-15-2-1-5-20-11-8-18-4-3-13-29-23(18)30-20/h6-11,21-22H,1-5,12-16H2,(H,29,30)(H,32,33). The predicted octanol–water partition coefficient (Wildman–Crippen LogP) is 4.70. The molecule has 2 atom stereocenters. The number of likely N-dealkylation sites (tertiary alicyclic amines) is 1. The van der Waals surface area contributed by atoms with Crippen molar-refractivity contribution in [3.8, 4) is 0 Å². The highest BCUT2D eigenvalue weighted by atomic mass is 19.4. The second-order valence-corrected chi connectivity index (χ2v) is 8.93. The number of anilines is 1. The SMILES string of the molecule is O=C(O)C(c1ccc(C(F)(F)F)cc1)N1CCC(OCCCCc2ccc3c(n2)NCCC3)C1. The quantitative estimate of drug-likeness (QED) is 0.510. The average molecular weight is 478 g/mol. The van der Waals surface area contributed by atoms with Gasteiger partial charge in [-0.3, -0.25) is 9.69 Å². The third kappa shape index (κ3) is 6.07. The van der Waals surface area contributed by atoms with Gasteiger partial charge in [-0.25, -0.2) is 4.98 Å². The second kappa shape index (κ2) is 10.7. The summed E-state index contributed by atoms with van der Waals surface area (Å²) in [5, 5.41) is 13.1. The number of halogens is 3. The fourth-order valence-electron chi connectivity index (χ4n) is 4.65. The molecule has 0 saturated carbocycles. The number of fused-ring (bicyclic) bond motifs is 1. The van der Waals surface area contributed by atoms with E-state index in [1.807, 2.05) is 0 Å². The molecule has 1 saturated heterocycles. The van der Waals surface area contributed by atoms with Crippen molar-refractivity contribution in [3.05, 3.63) is 58.8 Å². The Morgan fingerprint density at radius 3 is 2.74 bits per heavy atom. The van der Waals surface area contributed by atoms with Crippen molar-refractivity contribution in [2.45, 2.75) is 56.8 Å². The van der Waals surface area contributed by atoms with Crippen LogP contribution in [0.5, 0.6) is 0 Å². The van der Waals surface area contributed by atoms with Crippen molar-refractivity contribution in [3.63, 3.8) is 0 Å². The molecule has 1 aromatic carbocycles. The van der Waals surface area contributed by atoms with E-state index in [0.29, 0.717) is 31.7 Å². The number of aromatic nitrogens is 1. The van der Waals surface area contributed by atoms with Crippen molar-refractivity contribution < 1.29 is 27.8 Å². The summed E-state index contributed by atoms with van der Waals surface area (Å²) >= 11 is 0.